The van der Waals surface area contributed by atoms with E-state index in [1.165, 1.54) is 7.11 Å². The number of aliphatic hydroxyl groups excluding tert-OH is 1. The minimum Gasteiger partial charge on any atom is -0.469 e. The van der Waals surface area contributed by atoms with Crippen molar-refractivity contribution in [3.05, 3.63) is 0 Å². The fourth-order valence-corrected chi connectivity index (χ4v) is 1.60. The van der Waals surface area contributed by atoms with Gasteiger partial charge in [-0.15, -0.1) is 0 Å². The molecule has 0 fully saturated rings. The number of esters is 1. The van der Waals surface area contributed by atoms with Gasteiger partial charge in [0.1, 0.15) is 0 Å². The second-order valence-electron chi connectivity index (χ2n) is 4.87. The van der Waals surface area contributed by atoms with E-state index in [1.807, 2.05) is 11.9 Å². The van der Waals surface area contributed by atoms with Gasteiger partial charge in [0.25, 0.3) is 0 Å². The van der Waals surface area contributed by atoms with Crippen LogP contribution in [0, 0.1) is 5.41 Å². The van der Waals surface area contributed by atoms with Crippen LogP contribution in [0.25, 0.3) is 0 Å². The minimum atomic E-state index is -0.215. The summed E-state index contributed by atoms with van der Waals surface area (Å²) in [6, 6.07) is 0.0576. The molecular weight excluding hydrogens is 194 g/mol. The molecule has 1 atom stereocenters. The van der Waals surface area contributed by atoms with Crippen LogP contribution in [0.4, 0.5) is 0 Å². The molecule has 90 valence electrons. The average Bonchev–Trinajstić information content (AvgIpc) is 2.12. The Hall–Kier alpha value is -0.610. The Morgan fingerprint density at radius 3 is 2.33 bits per heavy atom. The molecule has 0 aliphatic heterocycles. The lowest BCUT2D eigenvalue weighted by Crippen LogP contribution is -2.45. The normalized spacial score (nSPS) is 14.1. The Balaban J connectivity index is 4.17. The molecule has 0 aliphatic rings. The van der Waals surface area contributed by atoms with Crippen molar-refractivity contribution in [2.75, 3.05) is 27.3 Å². The number of nitrogens with zero attached hydrogens (tertiary/aromatic N) is 1. The van der Waals surface area contributed by atoms with Gasteiger partial charge < -0.3 is 14.7 Å². The molecule has 1 unspecified atom stereocenters. The summed E-state index contributed by atoms with van der Waals surface area (Å²) < 4.78 is 4.57. The van der Waals surface area contributed by atoms with Crippen molar-refractivity contribution in [3.8, 4) is 0 Å². The average molecular weight is 217 g/mol. The number of hydrogen-bond acceptors (Lipinski definition) is 4. The zero-order valence-corrected chi connectivity index (χ0v) is 10.4. The fourth-order valence-electron chi connectivity index (χ4n) is 1.60. The summed E-state index contributed by atoms with van der Waals surface area (Å²) in [6.45, 7) is 6.92. The maximum absolute atomic E-state index is 11.0. The maximum Gasteiger partial charge on any atom is 0.306 e. The van der Waals surface area contributed by atoms with Gasteiger partial charge >= 0.3 is 5.97 Å². The largest absolute Gasteiger partial charge is 0.469 e. The zero-order chi connectivity index (χ0) is 12.1. The molecule has 0 aliphatic carbocycles. The second kappa shape index (κ2) is 6.08. The molecule has 0 aromatic rings. The van der Waals surface area contributed by atoms with Gasteiger partial charge in [-0.05, 0) is 12.5 Å². The molecule has 0 bridgehead atoms. The molecule has 0 aromatic carbocycles. The Labute approximate surface area is 92.2 Å². The van der Waals surface area contributed by atoms with E-state index in [0.717, 1.165) is 0 Å². The molecule has 0 saturated carbocycles. The van der Waals surface area contributed by atoms with Crippen LogP contribution in [0.1, 0.15) is 27.2 Å². The standard InChI is InChI=1S/C11H23NO3/c1-11(2,3)9(8-13)12(4)7-6-10(14)15-5/h9,13H,6-8H2,1-5H3. The first-order valence-electron chi connectivity index (χ1n) is 5.20. The summed E-state index contributed by atoms with van der Waals surface area (Å²) in [6.07, 6.45) is 0.361. The van der Waals surface area contributed by atoms with Gasteiger partial charge in [-0.1, -0.05) is 20.8 Å². The van der Waals surface area contributed by atoms with Crippen molar-refractivity contribution < 1.29 is 14.6 Å². The molecule has 0 radical (unpaired) electrons. The highest BCUT2D eigenvalue weighted by Crippen LogP contribution is 2.23. The second-order valence-corrected chi connectivity index (χ2v) is 4.87. The van der Waals surface area contributed by atoms with Crippen LogP contribution >= 0.6 is 0 Å². The Kier molecular flexibility index (Phi) is 5.83. The van der Waals surface area contributed by atoms with Crippen LogP contribution in [-0.2, 0) is 9.53 Å². The summed E-state index contributed by atoms with van der Waals surface area (Å²) in [5.74, 6) is -0.215. The third kappa shape index (κ3) is 5.14. The van der Waals surface area contributed by atoms with Gasteiger partial charge in [-0.3, -0.25) is 4.79 Å². The molecule has 1 N–H and O–H groups in total. The number of aliphatic hydroxyl groups is 1. The van der Waals surface area contributed by atoms with Crippen molar-refractivity contribution >= 4 is 5.97 Å². The van der Waals surface area contributed by atoms with E-state index in [2.05, 4.69) is 25.5 Å². The van der Waals surface area contributed by atoms with E-state index < -0.39 is 0 Å². The van der Waals surface area contributed by atoms with Gasteiger partial charge in [-0.2, -0.15) is 0 Å². The lowest BCUT2D eigenvalue weighted by atomic mass is 9.86. The van der Waals surface area contributed by atoms with Gasteiger partial charge in [-0.25, -0.2) is 0 Å². The van der Waals surface area contributed by atoms with Crippen LogP contribution in [0.15, 0.2) is 0 Å². The van der Waals surface area contributed by atoms with E-state index in [-0.39, 0.29) is 24.0 Å². The van der Waals surface area contributed by atoms with E-state index >= 15 is 0 Å². The highest BCUT2D eigenvalue weighted by atomic mass is 16.5. The van der Waals surface area contributed by atoms with E-state index in [0.29, 0.717) is 13.0 Å². The summed E-state index contributed by atoms with van der Waals surface area (Å²) in [5.41, 5.74) is -0.000378. The van der Waals surface area contributed by atoms with Crippen molar-refractivity contribution in [1.82, 2.24) is 4.90 Å². The van der Waals surface area contributed by atoms with E-state index in [9.17, 15) is 9.90 Å². The van der Waals surface area contributed by atoms with Gasteiger partial charge in [0.05, 0.1) is 20.1 Å². The lowest BCUT2D eigenvalue weighted by Gasteiger charge is -2.36. The molecule has 15 heavy (non-hydrogen) atoms. The highest BCUT2D eigenvalue weighted by molar-refractivity contribution is 5.69. The molecule has 0 rings (SSSR count). The van der Waals surface area contributed by atoms with Crippen molar-refractivity contribution in [3.63, 3.8) is 0 Å². The summed E-state index contributed by atoms with van der Waals surface area (Å²) >= 11 is 0. The number of ether oxygens (including phenoxy) is 1. The minimum absolute atomic E-state index is 0.000378. The molecule has 0 aromatic heterocycles. The van der Waals surface area contributed by atoms with Gasteiger partial charge in [0.15, 0.2) is 0 Å². The predicted octanol–water partition coefficient (Wildman–Crippen LogP) is 0.888. The Morgan fingerprint density at radius 2 is 2.00 bits per heavy atom. The van der Waals surface area contributed by atoms with Crippen molar-refractivity contribution in [1.29, 1.82) is 0 Å². The lowest BCUT2D eigenvalue weighted by molar-refractivity contribution is -0.141. The molecular formula is C11H23NO3. The monoisotopic (exact) mass is 217 g/mol. The van der Waals surface area contributed by atoms with Crippen LogP contribution in [0.3, 0.4) is 0 Å². The third-order valence-electron chi connectivity index (χ3n) is 2.60. The van der Waals surface area contributed by atoms with Gasteiger partial charge in [0, 0.05) is 12.6 Å². The first-order valence-corrected chi connectivity index (χ1v) is 5.20. The quantitative estimate of drug-likeness (QED) is 0.695. The molecule has 4 nitrogen and oxygen atoms in total. The first-order chi connectivity index (χ1) is 6.82. The number of likely N-dealkylation sites (N-methyl/N-ethyl adjacent to an activating group) is 1. The smallest absolute Gasteiger partial charge is 0.306 e. The number of carbonyl (C=O) groups is 1. The maximum atomic E-state index is 11.0. The van der Waals surface area contributed by atoms with Crippen molar-refractivity contribution in [2.24, 2.45) is 5.41 Å². The number of hydrogen-bond donors (Lipinski definition) is 1. The molecule has 0 spiro atoms. The van der Waals surface area contributed by atoms with Crippen LogP contribution in [-0.4, -0.2) is 49.3 Å². The predicted molar refractivity (Wildman–Crippen MR) is 59.6 cm³/mol. The molecule has 0 saturated heterocycles. The molecule has 0 heterocycles. The number of rotatable bonds is 5. The summed E-state index contributed by atoms with van der Waals surface area (Å²) in [7, 11) is 3.30. The first kappa shape index (κ1) is 14.4. The van der Waals surface area contributed by atoms with Gasteiger partial charge in [0.2, 0.25) is 0 Å². The molecule has 4 heteroatoms. The number of carbonyl (C=O) groups excluding carboxylic acids is 1. The molecule has 0 amide bonds. The van der Waals surface area contributed by atoms with E-state index in [1.54, 1.807) is 0 Å². The zero-order valence-electron chi connectivity index (χ0n) is 10.4. The van der Waals surface area contributed by atoms with Crippen molar-refractivity contribution in [2.45, 2.75) is 33.2 Å². The topological polar surface area (TPSA) is 49.8 Å². The number of methoxy groups -OCH3 is 1. The summed E-state index contributed by atoms with van der Waals surface area (Å²) in [5, 5.41) is 9.30. The fraction of sp³-hybridized carbons (Fsp3) is 0.909. The van der Waals surface area contributed by atoms with Crippen LogP contribution in [0.2, 0.25) is 0 Å². The Bertz CT molecular complexity index is 198. The van der Waals surface area contributed by atoms with E-state index in [4.69, 9.17) is 0 Å². The van der Waals surface area contributed by atoms with Crippen LogP contribution in [0.5, 0.6) is 0 Å². The SMILES string of the molecule is COC(=O)CCN(C)C(CO)C(C)(C)C. The Morgan fingerprint density at radius 1 is 1.47 bits per heavy atom. The summed E-state index contributed by atoms with van der Waals surface area (Å²) in [4.78, 5) is 13.0. The van der Waals surface area contributed by atoms with Crippen LogP contribution < -0.4 is 0 Å². The third-order valence-corrected chi connectivity index (χ3v) is 2.60. The highest BCUT2D eigenvalue weighted by Gasteiger charge is 2.27.